The number of carbonyl (C=O) groups is 3. The van der Waals surface area contributed by atoms with Crippen molar-refractivity contribution in [3.05, 3.63) is 48.3 Å². The molecule has 2 aromatic rings. The van der Waals surface area contributed by atoms with Gasteiger partial charge in [-0.1, -0.05) is 0 Å². The lowest BCUT2D eigenvalue weighted by molar-refractivity contribution is -0.123. The fourth-order valence-electron chi connectivity index (χ4n) is 2.15. The van der Waals surface area contributed by atoms with E-state index in [1.165, 1.54) is 18.5 Å². The largest absolute Gasteiger partial charge is 0.490 e. The number of ether oxygens (including phenoxy) is 3. The molecule has 0 saturated carbocycles. The van der Waals surface area contributed by atoms with E-state index in [9.17, 15) is 14.4 Å². The Bertz CT molecular complexity index is 826. The average molecular weight is 387 g/mol. The third kappa shape index (κ3) is 6.27. The molecule has 1 aromatic heterocycles. The number of rotatable bonds is 8. The monoisotopic (exact) mass is 387 g/mol. The van der Waals surface area contributed by atoms with E-state index >= 15 is 0 Å². The minimum atomic E-state index is -0.772. The molecule has 0 aliphatic rings. The standard InChI is InChI=1S/C19H21N3O6/c1-3-26-15-8-7-14(10-16(15)27-4-2)21-19(25)22-17(23)12-28-18(24)13-6-5-9-20-11-13/h5-11H,3-4,12H2,1-2H3,(H2,21,22,23,25). The lowest BCUT2D eigenvalue weighted by Crippen LogP contribution is -2.37. The van der Waals surface area contributed by atoms with Crippen molar-refractivity contribution in [2.24, 2.45) is 0 Å². The topological polar surface area (TPSA) is 116 Å². The third-order valence-corrected chi connectivity index (χ3v) is 3.29. The summed E-state index contributed by atoms with van der Waals surface area (Å²) in [5.74, 6) is -0.463. The van der Waals surface area contributed by atoms with Crippen LogP contribution in [0.3, 0.4) is 0 Å². The number of urea groups is 1. The number of hydrogen-bond acceptors (Lipinski definition) is 7. The van der Waals surface area contributed by atoms with Crippen LogP contribution in [0.5, 0.6) is 11.5 Å². The molecule has 1 heterocycles. The van der Waals surface area contributed by atoms with Gasteiger partial charge in [-0.15, -0.1) is 0 Å². The summed E-state index contributed by atoms with van der Waals surface area (Å²) < 4.78 is 15.7. The first kappa shape index (κ1) is 20.7. The van der Waals surface area contributed by atoms with Crippen LogP contribution < -0.4 is 20.1 Å². The SMILES string of the molecule is CCOc1ccc(NC(=O)NC(=O)COC(=O)c2cccnc2)cc1OCC. The van der Waals surface area contributed by atoms with E-state index in [0.29, 0.717) is 30.4 Å². The summed E-state index contributed by atoms with van der Waals surface area (Å²) in [6.07, 6.45) is 2.82. The highest BCUT2D eigenvalue weighted by atomic mass is 16.5. The fourth-order valence-corrected chi connectivity index (χ4v) is 2.15. The van der Waals surface area contributed by atoms with E-state index in [-0.39, 0.29) is 5.56 Å². The van der Waals surface area contributed by atoms with Crippen LogP contribution in [0.25, 0.3) is 0 Å². The van der Waals surface area contributed by atoms with Crippen molar-refractivity contribution in [3.63, 3.8) is 0 Å². The number of esters is 1. The lowest BCUT2D eigenvalue weighted by Gasteiger charge is -2.13. The molecule has 2 N–H and O–H groups in total. The first-order chi connectivity index (χ1) is 13.5. The normalized spacial score (nSPS) is 9.93. The molecule has 0 radical (unpaired) electrons. The first-order valence-electron chi connectivity index (χ1n) is 8.61. The van der Waals surface area contributed by atoms with Crippen LogP contribution in [0, 0.1) is 0 Å². The number of nitrogens with zero attached hydrogens (tertiary/aromatic N) is 1. The Labute approximate surface area is 162 Å². The summed E-state index contributed by atoms with van der Waals surface area (Å²) >= 11 is 0. The van der Waals surface area contributed by atoms with E-state index in [1.54, 1.807) is 24.3 Å². The number of pyridine rings is 1. The number of amides is 3. The van der Waals surface area contributed by atoms with Crippen molar-refractivity contribution in [2.45, 2.75) is 13.8 Å². The molecule has 1 aromatic carbocycles. The molecule has 0 fully saturated rings. The molecule has 0 aliphatic carbocycles. The van der Waals surface area contributed by atoms with Crippen LogP contribution >= 0.6 is 0 Å². The molecule has 0 aliphatic heterocycles. The maximum absolute atomic E-state index is 12.0. The van der Waals surface area contributed by atoms with Gasteiger partial charge in [0.2, 0.25) is 0 Å². The second kappa shape index (κ2) is 10.5. The van der Waals surface area contributed by atoms with E-state index in [0.717, 1.165) is 0 Å². The zero-order valence-electron chi connectivity index (χ0n) is 15.6. The molecule has 0 spiro atoms. The maximum atomic E-state index is 12.0. The van der Waals surface area contributed by atoms with Gasteiger partial charge in [-0.25, -0.2) is 9.59 Å². The van der Waals surface area contributed by atoms with Crippen molar-refractivity contribution >= 4 is 23.6 Å². The highest BCUT2D eigenvalue weighted by Gasteiger charge is 2.13. The zero-order valence-corrected chi connectivity index (χ0v) is 15.6. The second-order valence-electron chi connectivity index (χ2n) is 5.35. The predicted molar refractivity (Wildman–Crippen MR) is 100 cm³/mol. The Morgan fingerprint density at radius 3 is 2.46 bits per heavy atom. The first-order valence-corrected chi connectivity index (χ1v) is 8.61. The van der Waals surface area contributed by atoms with Crippen molar-refractivity contribution in [3.8, 4) is 11.5 Å². The van der Waals surface area contributed by atoms with Crippen molar-refractivity contribution in [2.75, 3.05) is 25.1 Å². The molecular formula is C19H21N3O6. The number of imide groups is 1. The second-order valence-corrected chi connectivity index (χ2v) is 5.35. The Balaban J connectivity index is 1.86. The summed E-state index contributed by atoms with van der Waals surface area (Å²) in [6.45, 7) is 3.97. The van der Waals surface area contributed by atoms with E-state index in [2.05, 4.69) is 15.6 Å². The molecule has 9 heteroatoms. The molecule has 9 nitrogen and oxygen atoms in total. The van der Waals surface area contributed by atoms with Gasteiger partial charge in [-0.2, -0.15) is 0 Å². The molecule has 28 heavy (non-hydrogen) atoms. The molecule has 0 bridgehead atoms. The minimum absolute atomic E-state index is 0.206. The van der Waals surface area contributed by atoms with Gasteiger partial charge in [0, 0.05) is 24.1 Å². The summed E-state index contributed by atoms with van der Waals surface area (Å²) in [7, 11) is 0. The van der Waals surface area contributed by atoms with E-state index in [1.807, 2.05) is 13.8 Å². The van der Waals surface area contributed by atoms with Crippen LogP contribution in [0.2, 0.25) is 0 Å². The van der Waals surface area contributed by atoms with Crippen molar-refractivity contribution in [1.82, 2.24) is 10.3 Å². The molecule has 148 valence electrons. The Kier molecular flexibility index (Phi) is 7.77. The smallest absolute Gasteiger partial charge is 0.340 e. The number of benzene rings is 1. The number of carbonyl (C=O) groups excluding carboxylic acids is 3. The Hall–Kier alpha value is -3.62. The van der Waals surface area contributed by atoms with Crippen LogP contribution in [-0.4, -0.2) is 42.7 Å². The van der Waals surface area contributed by atoms with Crippen LogP contribution in [0.1, 0.15) is 24.2 Å². The number of hydrogen-bond donors (Lipinski definition) is 2. The zero-order chi connectivity index (χ0) is 20.4. The summed E-state index contributed by atoms with van der Waals surface area (Å²) in [5.41, 5.74) is 0.613. The van der Waals surface area contributed by atoms with Gasteiger partial charge in [0.05, 0.1) is 18.8 Å². The Morgan fingerprint density at radius 2 is 1.79 bits per heavy atom. The number of aromatic nitrogens is 1. The predicted octanol–water partition coefficient (Wildman–Crippen LogP) is 2.38. The molecule has 0 saturated heterocycles. The number of anilines is 1. The minimum Gasteiger partial charge on any atom is -0.490 e. The Morgan fingerprint density at radius 1 is 1.04 bits per heavy atom. The van der Waals surface area contributed by atoms with Gasteiger partial charge in [0.25, 0.3) is 5.91 Å². The van der Waals surface area contributed by atoms with Crippen molar-refractivity contribution < 1.29 is 28.6 Å². The highest BCUT2D eigenvalue weighted by Crippen LogP contribution is 2.30. The van der Waals surface area contributed by atoms with Crippen LogP contribution in [0.4, 0.5) is 10.5 Å². The van der Waals surface area contributed by atoms with Crippen LogP contribution in [-0.2, 0) is 9.53 Å². The third-order valence-electron chi connectivity index (χ3n) is 3.29. The van der Waals surface area contributed by atoms with Gasteiger partial charge >= 0.3 is 12.0 Å². The highest BCUT2D eigenvalue weighted by molar-refractivity contribution is 6.02. The molecule has 2 rings (SSSR count). The van der Waals surface area contributed by atoms with Crippen molar-refractivity contribution in [1.29, 1.82) is 0 Å². The quantitative estimate of drug-likeness (QED) is 0.668. The van der Waals surface area contributed by atoms with Gasteiger partial charge in [0.1, 0.15) is 0 Å². The van der Waals surface area contributed by atoms with Gasteiger partial charge in [0.15, 0.2) is 18.1 Å². The van der Waals surface area contributed by atoms with E-state index < -0.39 is 24.5 Å². The molecule has 0 atom stereocenters. The average Bonchev–Trinajstić information content (AvgIpc) is 2.69. The summed E-state index contributed by atoms with van der Waals surface area (Å²) in [5, 5.41) is 4.58. The molecule has 3 amide bonds. The number of nitrogens with one attached hydrogen (secondary N) is 2. The lowest BCUT2D eigenvalue weighted by atomic mass is 10.2. The van der Waals surface area contributed by atoms with E-state index in [4.69, 9.17) is 14.2 Å². The summed E-state index contributed by atoms with van der Waals surface area (Å²) in [4.78, 5) is 39.3. The summed E-state index contributed by atoms with van der Waals surface area (Å²) in [6, 6.07) is 7.15. The fraction of sp³-hybridized carbons (Fsp3) is 0.263. The van der Waals surface area contributed by atoms with Gasteiger partial charge in [-0.3, -0.25) is 15.1 Å². The van der Waals surface area contributed by atoms with Gasteiger partial charge in [-0.05, 0) is 38.1 Å². The molecular weight excluding hydrogens is 366 g/mol. The molecule has 0 unspecified atom stereocenters. The van der Waals surface area contributed by atoms with Gasteiger partial charge < -0.3 is 19.5 Å². The maximum Gasteiger partial charge on any atom is 0.340 e. The van der Waals surface area contributed by atoms with Crippen LogP contribution in [0.15, 0.2) is 42.7 Å².